The fourth-order valence-electron chi connectivity index (χ4n) is 2.02. The van der Waals surface area contributed by atoms with Crippen LogP contribution < -0.4 is 4.74 Å². The van der Waals surface area contributed by atoms with Gasteiger partial charge in [-0.1, -0.05) is 43.7 Å². The lowest BCUT2D eigenvalue weighted by atomic mass is 10.1. The van der Waals surface area contributed by atoms with Crippen LogP contribution in [0, 0.1) is 10.1 Å². The van der Waals surface area contributed by atoms with Crippen LogP contribution in [0.4, 0.5) is 5.69 Å². The van der Waals surface area contributed by atoms with Crippen molar-refractivity contribution < 1.29 is 9.66 Å². The molecule has 0 bridgehead atoms. The van der Waals surface area contributed by atoms with Gasteiger partial charge in [0.25, 0.3) is 5.69 Å². The molecule has 0 spiro atoms. The summed E-state index contributed by atoms with van der Waals surface area (Å²) in [6.07, 6.45) is 5.23. The summed E-state index contributed by atoms with van der Waals surface area (Å²) < 4.78 is 5.92. The Morgan fingerprint density at radius 1 is 1.14 bits per heavy atom. The lowest BCUT2D eigenvalue weighted by Crippen LogP contribution is -1.96. The molecule has 2 rings (SSSR count). The fourth-order valence-corrected chi connectivity index (χ4v) is 2.02. The van der Waals surface area contributed by atoms with Gasteiger partial charge in [0.15, 0.2) is 0 Å². The van der Waals surface area contributed by atoms with Crippen molar-refractivity contribution in [2.45, 2.75) is 26.2 Å². The molecule has 0 amide bonds. The molecule has 114 valence electrons. The topological polar surface area (TPSA) is 52.4 Å². The van der Waals surface area contributed by atoms with Crippen molar-refractivity contribution in [3.8, 4) is 5.75 Å². The second kappa shape index (κ2) is 7.98. The standard InChI is InChI=1S/C18H19NO3/c1-2-3-5-10-18(15-8-6-4-7-9-15)22-17-13-11-16(12-14-17)19(20)21/h4,6-14H,2-3,5H2,1H3/b18-10-. The molecule has 4 nitrogen and oxygen atoms in total. The van der Waals surface area contributed by atoms with E-state index in [4.69, 9.17) is 4.74 Å². The van der Waals surface area contributed by atoms with Crippen LogP contribution in [0.15, 0.2) is 60.7 Å². The Labute approximate surface area is 130 Å². The van der Waals surface area contributed by atoms with Crippen LogP contribution in [-0.4, -0.2) is 4.92 Å². The quantitative estimate of drug-likeness (QED) is 0.305. The van der Waals surface area contributed by atoms with Gasteiger partial charge in [0, 0.05) is 17.7 Å². The van der Waals surface area contributed by atoms with Gasteiger partial charge in [0.2, 0.25) is 0 Å². The van der Waals surface area contributed by atoms with E-state index in [1.54, 1.807) is 12.1 Å². The molecular weight excluding hydrogens is 278 g/mol. The van der Waals surface area contributed by atoms with Crippen molar-refractivity contribution in [1.82, 2.24) is 0 Å². The van der Waals surface area contributed by atoms with Gasteiger partial charge in [-0.2, -0.15) is 0 Å². The van der Waals surface area contributed by atoms with Crippen LogP contribution >= 0.6 is 0 Å². The Morgan fingerprint density at radius 2 is 1.82 bits per heavy atom. The molecule has 0 saturated carbocycles. The summed E-state index contributed by atoms with van der Waals surface area (Å²) in [5, 5.41) is 10.7. The SMILES string of the molecule is CCCC/C=C(\Oc1ccc([N+](=O)[O-])cc1)c1ccccc1. The third kappa shape index (κ3) is 4.45. The average molecular weight is 297 g/mol. The number of nitrogens with zero attached hydrogens (tertiary/aromatic N) is 1. The molecule has 0 radical (unpaired) electrons. The highest BCUT2D eigenvalue weighted by atomic mass is 16.6. The Bertz CT molecular complexity index is 633. The molecule has 0 saturated heterocycles. The monoisotopic (exact) mass is 297 g/mol. The molecule has 22 heavy (non-hydrogen) atoms. The van der Waals surface area contributed by atoms with Crippen LogP contribution in [0.5, 0.6) is 5.75 Å². The second-order valence-electron chi connectivity index (χ2n) is 4.93. The van der Waals surface area contributed by atoms with Crippen molar-refractivity contribution in [1.29, 1.82) is 0 Å². The smallest absolute Gasteiger partial charge is 0.269 e. The maximum Gasteiger partial charge on any atom is 0.269 e. The van der Waals surface area contributed by atoms with Crippen LogP contribution in [-0.2, 0) is 0 Å². The largest absolute Gasteiger partial charge is 0.457 e. The van der Waals surface area contributed by atoms with E-state index in [1.807, 2.05) is 30.3 Å². The van der Waals surface area contributed by atoms with E-state index in [0.29, 0.717) is 5.75 Å². The van der Waals surface area contributed by atoms with E-state index in [0.717, 1.165) is 30.6 Å². The van der Waals surface area contributed by atoms with E-state index >= 15 is 0 Å². The number of allylic oxidation sites excluding steroid dienone is 1. The molecule has 2 aromatic rings. The number of ether oxygens (including phenoxy) is 1. The summed E-state index contributed by atoms with van der Waals surface area (Å²) in [4.78, 5) is 10.3. The number of nitro groups is 1. The third-order valence-electron chi connectivity index (χ3n) is 3.22. The van der Waals surface area contributed by atoms with E-state index in [2.05, 4.69) is 13.0 Å². The maximum absolute atomic E-state index is 10.7. The van der Waals surface area contributed by atoms with Crippen LogP contribution in [0.1, 0.15) is 31.7 Å². The molecular formula is C18H19NO3. The molecule has 0 atom stereocenters. The Kier molecular flexibility index (Phi) is 5.72. The van der Waals surface area contributed by atoms with Gasteiger partial charge in [-0.05, 0) is 31.1 Å². The normalized spacial score (nSPS) is 11.2. The minimum atomic E-state index is -0.418. The molecule has 0 unspecified atom stereocenters. The molecule has 0 aliphatic heterocycles. The molecule has 0 aliphatic carbocycles. The lowest BCUT2D eigenvalue weighted by Gasteiger charge is -2.10. The van der Waals surface area contributed by atoms with Gasteiger partial charge >= 0.3 is 0 Å². The van der Waals surface area contributed by atoms with Crippen LogP contribution in [0.2, 0.25) is 0 Å². The van der Waals surface area contributed by atoms with E-state index in [1.165, 1.54) is 12.1 Å². The van der Waals surface area contributed by atoms with E-state index in [-0.39, 0.29) is 5.69 Å². The molecule has 4 heteroatoms. The van der Waals surface area contributed by atoms with Gasteiger partial charge in [0.1, 0.15) is 11.5 Å². The minimum Gasteiger partial charge on any atom is -0.457 e. The number of hydrogen-bond donors (Lipinski definition) is 0. The molecule has 0 N–H and O–H groups in total. The second-order valence-corrected chi connectivity index (χ2v) is 4.93. The van der Waals surface area contributed by atoms with Gasteiger partial charge in [0.05, 0.1) is 4.92 Å². The number of non-ortho nitro benzene ring substituents is 1. The zero-order valence-electron chi connectivity index (χ0n) is 12.6. The van der Waals surface area contributed by atoms with Crippen molar-refractivity contribution in [2.24, 2.45) is 0 Å². The summed E-state index contributed by atoms with van der Waals surface area (Å²) in [5.74, 6) is 1.38. The third-order valence-corrected chi connectivity index (χ3v) is 3.22. The molecule has 0 aromatic heterocycles. The lowest BCUT2D eigenvalue weighted by molar-refractivity contribution is -0.384. The Balaban J connectivity index is 2.19. The van der Waals surface area contributed by atoms with Gasteiger partial charge in [-0.25, -0.2) is 0 Å². The fraction of sp³-hybridized carbons (Fsp3) is 0.222. The van der Waals surface area contributed by atoms with Crippen molar-refractivity contribution in [2.75, 3.05) is 0 Å². The first kappa shape index (κ1) is 15.8. The van der Waals surface area contributed by atoms with E-state index < -0.39 is 4.92 Å². The Morgan fingerprint density at radius 3 is 2.41 bits per heavy atom. The molecule has 0 heterocycles. The summed E-state index contributed by atoms with van der Waals surface area (Å²) >= 11 is 0. The first-order valence-corrected chi connectivity index (χ1v) is 7.38. The first-order chi connectivity index (χ1) is 10.7. The highest BCUT2D eigenvalue weighted by Gasteiger charge is 2.07. The highest BCUT2D eigenvalue weighted by molar-refractivity contribution is 5.62. The summed E-state index contributed by atoms with van der Waals surface area (Å²) in [6, 6.07) is 16.0. The predicted molar refractivity (Wildman–Crippen MR) is 87.7 cm³/mol. The average Bonchev–Trinajstić information content (AvgIpc) is 2.55. The Hall–Kier alpha value is -2.62. The number of benzene rings is 2. The van der Waals surface area contributed by atoms with Crippen molar-refractivity contribution >= 4 is 11.4 Å². The van der Waals surface area contributed by atoms with E-state index in [9.17, 15) is 10.1 Å². The number of hydrogen-bond acceptors (Lipinski definition) is 3. The summed E-state index contributed by atoms with van der Waals surface area (Å²) in [6.45, 7) is 2.15. The number of rotatable bonds is 7. The summed E-state index contributed by atoms with van der Waals surface area (Å²) in [5.41, 5.74) is 1.06. The first-order valence-electron chi connectivity index (χ1n) is 7.38. The van der Waals surface area contributed by atoms with Crippen LogP contribution in [0.25, 0.3) is 5.76 Å². The predicted octanol–water partition coefficient (Wildman–Crippen LogP) is 5.20. The number of unbranched alkanes of at least 4 members (excludes halogenated alkanes) is 2. The zero-order chi connectivity index (χ0) is 15.8. The molecule has 0 fully saturated rings. The summed E-state index contributed by atoms with van der Waals surface area (Å²) in [7, 11) is 0. The van der Waals surface area contributed by atoms with Gasteiger partial charge in [-0.15, -0.1) is 0 Å². The van der Waals surface area contributed by atoms with Gasteiger partial charge in [-0.3, -0.25) is 10.1 Å². The molecule has 0 aliphatic rings. The zero-order valence-corrected chi connectivity index (χ0v) is 12.6. The van der Waals surface area contributed by atoms with Gasteiger partial charge < -0.3 is 4.74 Å². The number of nitro benzene ring substituents is 1. The highest BCUT2D eigenvalue weighted by Crippen LogP contribution is 2.24. The van der Waals surface area contributed by atoms with Crippen molar-refractivity contribution in [3.05, 3.63) is 76.4 Å². The van der Waals surface area contributed by atoms with Crippen LogP contribution in [0.3, 0.4) is 0 Å². The minimum absolute atomic E-state index is 0.0589. The maximum atomic E-state index is 10.7. The van der Waals surface area contributed by atoms with Crippen molar-refractivity contribution in [3.63, 3.8) is 0 Å². The molecule has 2 aromatic carbocycles.